The van der Waals surface area contributed by atoms with Gasteiger partial charge in [0, 0.05) is 16.8 Å². The third kappa shape index (κ3) is 3.21. The number of benzene rings is 3. The normalized spacial score (nSPS) is 13.8. The molecule has 6 heteroatoms. The van der Waals surface area contributed by atoms with Crippen molar-refractivity contribution in [2.24, 2.45) is 4.99 Å². The number of fused-ring (bicyclic) bond motifs is 1. The number of aliphatic imine (C=N–C) groups is 1. The van der Waals surface area contributed by atoms with Gasteiger partial charge in [-0.2, -0.15) is 0 Å². The molecule has 1 aliphatic rings. The summed E-state index contributed by atoms with van der Waals surface area (Å²) in [7, 11) is 0. The highest BCUT2D eigenvalue weighted by Crippen LogP contribution is 2.36. The molecule has 5 rings (SSSR count). The molecule has 1 aliphatic heterocycles. The summed E-state index contributed by atoms with van der Waals surface area (Å²) in [6.07, 6.45) is 1.70. The highest BCUT2D eigenvalue weighted by atomic mass is 32.1. The standard InChI is InChI=1S/C26H19N3O2S/c1-17-21(20-14-8-9-15-23(20)27-17)16-22-24(30)28(18-10-4-2-5-11-18)26(32)29(25(22)31)19-12-6-3-7-13-19/h2-16,30H,1H3/b21-16-. The third-order valence-electron chi connectivity index (χ3n) is 5.46. The van der Waals surface area contributed by atoms with E-state index in [2.05, 4.69) is 4.99 Å². The minimum atomic E-state index is -0.393. The Balaban J connectivity index is 1.86. The first-order valence-electron chi connectivity index (χ1n) is 10.1. The highest BCUT2D eigenvalue weighted by molar-refractivity contribution is 7.71. The minimum absolute atomic E-state index is 0.146. The molecule has 0 atom stereocenters. The van der Waals surface area contributed by atoms with Gasteiger partial charge < -0.3 is 5.11 Å². The molecule has 0 saturated carbocycles. The molecule has 0 saturated heterocycles. The Morgan fingerprint density at radius 3 is 2.06 bits per heavy atom. The van der Waals surface area contributed by atoms with Gasteiger partial charge in [-0.15, -0.1) is 0 Å². The maximum atomic E-state index is 13.6. The van der Waals surface area contributed by atoms with Gasteiger partial charge in [-0.25, -0.2) is 0 Å². The van der Waals surface area contributed by atoms with Gasteiger partial charge in [0.1, 0.15) is 5.56 Å². The van der Waals surface area contributed by atoms with Crippen LogP contribution in [0.4, 0.5) is 5.69 Å². The molecule has 0 unspecified atom stereocenters. The Bertz CT molecular complexity index is 1510. The molecule has 4 aromatic rings. The third-order valence-corrected chi connectivity index (χ3v) is 5.82. The fraction of sp³-hybridized carbons (Fsp3) is 0.0385. The summed E-state index contributed by atoms with van der Waals surface area (Å²) in [5.74, 6) is -0.205. The fourth-order valence-corrected chi connectivity index (χ4v) is 4.30. The molecule has 0 aliphatic carbocycles. The van der Waals surface area contributed by atoms with Gasteiger partial charge in [0.05, 0.1) is 17.1 Å². The molecule has 0 amide bonds. The number of aromatic nitrogens is 2. The molecular formula is C26H19N3O2S. The Kier molecular flexibility index (Phi) is 4.92. The van der Waals surface area contributed by atoms with Gasteiger partial charge in [-0.3, -0.25) is 18.9 Å². The van der Waals surface area contributed by atoms with Crippen molar-refractivity contribution in [3.05, 3.63) is 111 Å². The van der Waals surface area contributed by atoms with Gasteiger partial charge >= 0.3 is 0 Å². The van der Waals surface area contributed by atoms with Crippen LogP contribution >= 0.6 is 12.2 Å². The van der Waals surface area contributed by atoms with Crippen LogP contribution in [-0.2, 0) is 0 Å². The largest absolute Gasteiger partial charge is 0.494 e. The van der Waals surface area contributed by atoms with Gasteiger partial charge in [0.15, 0.2) is 4.77 Å². The zero-order valence-corrected chi connectivity index (χ0v) is 18.1. The van der Waals surface area contributed by atoms with Crippen LogP contribution in [0.3, 0.4) is 0 Å². The lowest BCUT2D eigenvalue weighted by Crippen LogP contribution is -2.25. The second-order valence-electron chi connectivity index (χ2n) is 7.44. The topological polar surface area (TPSA) is 59.5 Å². The van der Waals surface area contributed by atoms with Crippen LogP contribution in [0.1, 0.15) is 18.1 Å². The monoisotopic (exact) mass is 437 g/mol. The lowest BCUT2D eigenvalue weighted by Gasteiger charge is -2.17. The van der Waals surface area contributed by atoms with Crippen molar-refractivity contribution >= 4 is 35.3 Å². The second-order valence-corrected chi connectivity index (χ2v) is 7.80. The summed E-state index contributed by atoms with van der Waals surface area (Å²) >= 11 is 5.68. The van der Waals surface area contributed by atoms with Crippen molar-refractivity contribution in [3.8, 4) is 17.3 Å². The average Bonchev–Trinajstić information content (AvgIpc) is 3.13. The van der Waals surface area contributed by atoms with E-state index in [0.717, 1.165) is 22.5 Å². The van der Waals surface area contributed by atoms with E-state index >= 15 is 0 Å². The summed E-state index contributed by atoms with van der Waals surface area (Å²) in [6.45, 7) is 1.89. The van der Waals surface area contributed by atoms with Crippen LogP contribution < -0.4 is 5.56 Å². The molecule has 1 N–H and O–H groups in total. The molecule has 0 radical (unpaired) electrons. The van der Waals surface area contributed by atoms with E-state index in [-0.39, 0.29) is 16.2 Å². The van der Waals surface area contributed by atoms with Gasteiger partial charge in [-0.05, 0) is 55.5 Å². The number of rotatable bonds is 3. The second kappa shape index (κ2) is 7.90. The molecular weight excluding hydrogens is 418 g/mol. The summed E-state index contributed by atoms with van der Waals surface area (Å²) < 4.78 is 3.15. The highest BCUT2D eigenvalue weighted by Gasteiger charge is 2.22. The lowest BCUT2D eigenvalue weighted by molar-refractivity contribution is 0.429. The van der Waals surface area contributed by atoms with E-state index in [1.54, 1.807) is 6.08 Å². The minimum Gasteiger partial charge on any atom is -0.494 e. The van der Waals surface area contributed by atoms with E-state index in [1.165, 1.54) is 9.13 Å². The fourth-order valence-electron chi connectivity index (χ4n) is 3.92. The van der Waals surface area contributed by atoms with Gasteiger partial charge in [0.25, 0.3) is 5.56 Å². The van der Waals surface area contributed by atoms with Crippen molar-refractivity contribution in [2.75, 3.05) is 0 Å². The van der Waals surface area contributed by atoms with E-state index in [1.807, 2.05) is 91.9 Å². The van der Waals surface area contributed by atoms with E-state index in [4.69, 9.17) is 12.2 Å². The number of nitrogens with zero attached hydrogens (tertiary/aromatic N) is 3. The van der Waals surface area contributed by atoms with Crippen molar-refractivity contribution in [1.82, 2.24) is 9.13 Å². The Morgan fingerprint density at radius 2 is 1.41 bits per heavy atom. The summed E-state index contributed by atoms with van der Waals surface area (Å²) in [5.41, 5.74) is 4.39. The van der Waals surface area contributed by atoms with Crippen LogP contribution in [0.15, 0.2) is 94.7 Å². The number of allylic oxidation sites excluding steroid dienone is 1. The number of aromatic hydroxyl groups is 1. The average molecular weight is 438 g/mol. The van der Waals surface area contributed by atoms with Crippen molar-refractivity contribution < 1.29 is 5.11 Å². The van der Waals surface area contributed by atoms with Crippen molar-refractivity contribution in [3.63, 3.8) is 0 Å². The molecule has 0 spiro atoms. The zero-order chi connectivity index (χ0) is 22.2. The van der Waals surface area contributed by atoms with E-state index < -0.39 is 5.56 Å². The molecule has 5 nitrogen and oxygen atoms in total. The molecule has 0 fully saturated rings. The van der Waals surface area contributed by atoms with Crippen molar-refractivity contribution in [1.29, 1.82) is 0 Å². The Hall–Kier alpha value is -4.03. The first kappa shape index (κ1) is 19.9. The Labute approximate surface area is 189 Å². The van der Waals surface area contributed by atoms with Crippen LogP contribution in [0, 0.1) is 4.77 Å². The molecule has 2 heterocycles. The molecule has 0 bridgehead atoms. The number of hydrogen-bond donors (Lipinski definition) is 1. The van der Waals surface area contributed by atoms with Crippen molar-refractivity contribution in [2.45, 2.75) is 6.92 Å². The first-order valence-corrected chi connectivity index (χ1v) is 10.6. The molecule has 32 heavy (non-hydrogen) atoms. The molecule has 156 valence electrons. The lowest BCUT2D eigenvalue weighted by atomic mass is 10.0. The molecule has 3 aromatic carbocycles. The SMILES string of the molecule is CC1=Nc2ccccc2/C1=C\c1c(O)n(-c2ccccc2)c(=S)n(-c2ccccc2)c1=O. The summed E-state index contributed by atoms with van der Waals surface area (Å²) in [5, 5.41) is 11.3. The van der Waals surface area contributed by atoms with Gasteiger partial charge in [-0.1, -0.05) is 54.6 Å². The summed E-state index contributed by atoms with van der Waals surface area (Å²) in [6, 6.07) is 26.2. The summed E-state index contributed by atoms with van der Waals surface area (Å²) in [4.78, 5) is 18.2. The molecule has 1 aromatic heterocycles. The predicted molar refractivity (Wildman–Crippen MR) is 131 cm³/mol. The van der Waals surface area contributed by atoms with E-state index in [0.29, 0.717) is 11.4 Å². The van der Waals surface area contributed by atoms with Crippen LogP contribution in [-0.4, -0.2) is 20.0 Å². The smallest absolute Gasteiger partial charge is 0.270 e. The predicted octanol–water partition coefficient (Wildman–Crippen LogP) is 5.71. The van der Waals surface area contributed by atoms with Crippen LogP contribution in [0.25, 0.3) is 23.0 Å². The number of para-hydroxylation sites is 3. The number of hydrogen-bond acceptors (Lipinski definition) is 4. The van der Waals surface area contributed by atoms with Crippen LogP contribution in [0.2, 0.25) is 0 Å². The van der Waals surface area contributed by atoms with Gasteiger partial charge in [0.2, 0.25) is 5.88 Å². The van der Waals surface area contributed by atoms with E-state index in [9.17, 15) is 9.90 Å². The maximum absolute atomic E-state index is 13.6. The zero-order valence-electron chi connectivity index (χ0n) is 17.3. The first-order chi connectivity index (χ1) is 15.6. The Morgan fingerprint density at radius 1 is 0.844 bits per heavy atom. The van der Waals surface area contributed by atoms with Crippen LogP contribution in [0.5, 0.6) is 5.88 Å². The maximum Gasteiger partial charge on any atom is 0.270 e. The quantitative estimate of drug-likeness (QED) is 0.418.